The van der Waals surface area contributed by atoms with E-state index in [1.54, 1.807) is 6.20 Å². The van der Waals surface area contributed by atoms with Gasteiger partial charge in [0, 0.05) is 43.4 Å². The summed E-state index contributed by atoms with van der Waals surface area (Å²) >= 11 is 0. The molecule has 5 heteroatoms. The number of fused-ring (bicyclic) bond motifs is 4. The number of nitrogens with zero attached hydrogens (tertiary/aromatic N) is 3. The number of rotatable bonds is 3. The van der Waals surface area contributed by atoms with Crippen LogP contribution in [0.2, 0.25) is 0 Å². The van der Waals surface area contributed by atoms with Gasteiger partial charge in [0.15, 0.2) is 0 Å². The molecule has 0 aliphatic heterocycles. The number of hydrogen-bond acceptors (Lipinski definition) is 4. The van der Waals surface area contributed by atoms with Gasteiger partial charge in [-0.25, -0.2) is 0 Å². The van der Waals surface area contributed by atoms with Gasteiger partial charge in [-0.05, 0) is 56.9 Å². The van der Waals surface area contributed by atoms with E-state index in [0.717, 1.165) is 60.8 Å². The number of nitriles is 1. The SMILES string of the molecule is Cc1c[c-]c(-c2ccc(C(C)(C)C)cn2)cc1.N#Cc1ccc2c(oc3c(-c4ccccn4)[c-]ccc32)c1-c1ccc2ccccc2c1.[Ir]. The molecule has 0 spiro atoms. The van der Waals surface area contributed by atoms with Crippen LogP contribution in [0, 0.1) is 30.4 Å². The maximum atomic E-state index is 9.85. The molecule has 0 aliphatic carbocycles. The molecule has 4 nitrogen and oxygen atoms in total. The van der Waals surface area contributed by atoms with E-state index in [4.69, 9.17) is 4.42 Å². The van der Waals surface area contributed by atoms with Crippen LogP contribution in [0.3, 0.4) is 0 Å². The summed E-state index contributed by atoms with van der Waals surface area (Å²) in [5.41, 5.74) is 10.1. The molecule has 5 aromatic carbocycles. The molecule has 8 aromatic rings. The molecule has 241 valence electrons. The third-order valence-corrected chi connectivity index (χ3v) is 8.55. The molecule has 0 saturated heterocycles. The van der Waals surface area contributed by atoms with Crippen LogP contribution in [0.25, 0.3) is 66.4 Å². The average molecular weight is 812 g/mol. The summed E-state index contributed by atoms with van der Waals surface area (Å²) in [5, 5.41) is 14.1. The van der Waals surface area contributed by atoms with E-state index < -0.39 is 0 Å². The van der Waals surface area contributed by atoms with E-state index in [9.17, 15) is 5.26 Å². The van der Waals surface area contributed by atoms with E-state index in [0.29, 0.717) is 11.1 Å². The number of aryl methyl sites for hydroxylation is 1. The van der Waals surface area contributed by atoms with Crippen molar-refractivity contribution in [1.29, 1.82) is 5.26 Å². The molecule has 3 heterocycles. The first-order valence-electron chi connectivity index (χ1n) is 16.0. The van der Waals surface area contributed by atoms with Crippen LogP contribution in [0.4, 0.5) is 0 Å². The Kier molecular flexibility index (Phi) is 9.56. The van der Waals surface area contributed by atoms with Crippen LogP contribution in [0.1, 0.15) is 37.5 Å². The fraction of sp³-hybridized carbons (Fsp3) is 0.114. The van der Waals surface area contributed by atoms with Gasteiger partial charge in [0.05, 0.1) is 17.2 Å². The smallest absolute Gasteiger partial charge is 0.130 e. The first-order valence-corrected chi connectivity index (χ1v) is 16.0. The summed E-state index contributed by atoms with van der Waals surface area (Å²) in [6.07, 6.45) is 3.72. The first-order chi connectivity index (χ1) is 23.3. The average Bonchev–Trinajstić information content (AvgIpc) is 3.50. The molecule has 0 amide bonds. The minimum absolute atomic E-state index is 0. The molecule has 49 heavy (non-hydrogen) atoms. The minimum Gasteiger partial charge on any atom is -0.500 e. The van der Waals surface area contributed by atoms with Crippen molar-refractivity contribution in [2.45, 2.75) is 33.1 Å². The number of benzene rings is 5. The van der Waals surface area contributed by atoms with Gasteiger partial charge in [-0.1, -0.05) is 105 Å². The number of pyridine rings is 2. The van der Waals surface area contributed by atoms with Gasteiger partial charge in [0.25, 0.3) is 0 Å². The van der Waals surface area contributed by atoms with Crippen LogP contribution in [-0.4, -0.2) is 9.97 Å². The zero-order chi connectivity index (χ0) is 33.3. The Morgan fingerprint density at radius 1 is 0.735 bits per heavy atom. The Bertz CT molecular complexity index is 2430. The monoisotopic (exact) mass is 812 g/mol. The zero-order valence-electron chi connectivity index (χ0n) is 27.7. The normalized spacial score (nSPS) is 11.1. The Labute approximate surface area is 300 Å². The van der Waals surface area contributed by atoms with Crippen molar-refractivity contribution in [3.05, 3.63) is 156 Å². The zero-order valence-corrected chi connectivity index (χ0v) is 30.1. The van der Waals surface area contributed by atoms with Crippen LogP contribution in [-0.2, 0) is 25.5 Å². The Morgan fingerprint density at radius 3 is 2.22 bits per heavy atom. The van der Waals surface area contributed by atoms with E-state index in [-0.39, 0.29) is 25.5 Å². The van der Waals surface area contributed by atoms with Crippen molar-refractivity contribution in [1.82, 2.24) is 9.97 Å². The molecule has 1 radical (unpaired) electrons. The molecule has 0 unspecified atom stereocenters. The van der Waals surface area contributed by atoms with E-state index in [1.807, 2.05) is 66.9 Å². The van der Waals surface area contributed by atoms with Gasteiger partial charge in [-0.2, -0.15) is 5.26 Å². The molecular weight excluding hydrogens is 779 g/mol. The standard InChI is InChI=1S/C28H15N2O.C16H18N.Ir/c29-17-21-13-14-23-22-8-5-9-24(25-10-3-4-15-30-25)27(22)31-28(23)26(21)20-12-11-18-6-1-2-7-19(18)16-20;1-12-5-7-13(8-6-12)15-10-9-14(11-17-15)16(2,3)4;/h1-8,10-16H;5-7,9-11H,1-4H3;/q2*-1;. The van der Waals surface area contributed by atoms with Gasteiger partial charge in [0.1, 0.15) is 5.58 Å². The largest absolute Gasteiger partial charge is 0.500 e. The van der Waals surface area contributed by atoms with Crippen molar-refractivity contribution in [3.63, 3.8) is 0 Å². The third-order valence-electron chi connectivity index (χ3n) is 8.55. The van der Waals surface area contributed by atoms with E-state index in [2.05, 4.69) is 110 Å². The fourth-order valence-electron chi connectivity index (χ4n) is 5.89. The maximum absolute atomic E-state index is 9.85. The quantitative estimate of drug-likeness (QED) is 0.167. The van der Waals surface area contributed by atoms with Crippen LogP contribution < -0.4 is 0 Å². The summed E-state index contributed by atoms with van der Waals surface area (Å²) in [6, 6.07) is 47.2. The van der Waals surface area contributed by atoms with Gasteiger partial charge in [0.2, 0.25) is 0 Å². The van der Waals surface area contributed by atoms with Gasteiger partial charge in [-0.3, -0.25) is 0 Å². The van der Waals surface area contributed by atoms with Crippen molar-refractivity contribution in [2.75, 3.05) is 0 Å². The molecular formula is C44H33IrN3O-2. The van der Waals surface area contributed by atoms with E-state index >= 15 is 0 Å². The summed E-state index contributed by atoms with van der Waals surface area (Å²) in [7, 11) is 0. The summed E-state index contributed by atoms with van der Waals surface area (Å²) in [4.78, 5) is 8.99. The number of hydrogen-bond donors (Lipinski definition) is 0. The summed E-state index contributed by atoms with van der Waals surface area (Å²) in [6.45, 7) is 8.65. The molecule has 0 aliphatic rings. The molecule has 0 saturated carbocycles. The molecule has 0 bridgehead atoms. The minimum atomic E-state index is 0. The Morgan fingerprint density at radius 2 is 1.53 bits per heavy atom. The third kappa shape index (κ3) is 6.80. The predicted molar refractivity (Wildman–Crippen MR) is 195 cm³/mol. The Balaban J connectivity index is 0.000000198. The summed E-state index contributed by atoms with van der Waals surface area (Å²) < 4.78 is 6.46. The van der Waals surface area contributed by atoms with Gasteiger partial charge in [-0.15, -0.1) is 53.6 Å². The van der Waals surface area contributed by atoms with Crippen molar-refractivity contribution < 1.29 is 24.5 Å². The first kappa shape index (κ1) is 33.5. The fourth-order valence-corrected chi connectivity index (χ4v) is 5.89. The van der Waals surface area contributed by atoms with Crippen molar-refractivity contribution >= 4 is 32.7 Å². The van der Waals surface area contributed by atoms with Gasteiger partial charge >= 0.3 is 0 Å². The Hall–Kier alpha value is -5.40. The van der Waals surface area contributed by atoms with Crippen LogP contribution >= 0.6 is 0 Å². The predicted octanol–water partition coefficient (Wildman–Crippen LogP) is 11.3. The topological polar surface area (TPSA) is 62.7 Å². The van der Waals surface area contributed by atoms with E-state index in [1.165, 1.54) is 11.1 Å². The van der Waals surface area contributed by atoms with Gasteiger partial charge < -0.3 is 14.4 Å². The van der Waals surface area contributed by atoms with Crippen molar-refractivity contribution in [3.8, 4) is 39.7 Å². The summed E-state index contributed by atoms with van der Waals surface area (Å²) in [5.74, 6) is 0. The molecule has 3 aromatic heterocycles. The van der Waals surface area contributed by atoms with Crippen LogP contribution in [0.15, 0.2) is 132 Å². The second kappa shape index (κ2) is 14.0. The molecule has 0 fully saturated rings. The molecule has 8 rings (SSSR count). The molecule has 0 N–H and O–H groups in total. The van der Waals surface area contributed by atoms with Crippen LogP contribution in [0.5, 0.6) is 0 Å². The number of aromatic nitrogens is 2. The number of furan rings is 1. The second-order valence-corrected chi connectivity index (χ2v) is 12.9. The van der Waals surface area contributed by atoms with Crippen molar-refractivity contribution in [2.24, 2.45) is 0 Å². The second-order valence-electron chi connectivity index (χ2n) is 12.9. The maximum Gasteiger partial charge on any atom is 0.130 e. The molecule has 0 atom stereocenters.